The van der Waals surface area contributed by atoms with Crippen molar-refractivity contribution in [3.05, 3.63) is 21.4 Å². The van der Waals surface area contributed by atoms with Gasteiger partial charge in [0.05, 0.1) is 11.0 Å². The predicted molar refractivity (Wildman–Crippen MR) is 77.1 cm³/mol. The molecule has 1 unspecified atom stereocenters. The van der Waals surface area contributed by atoms with Crippen LogP contribution < -0.4 is 5.32 Å². The minimum Gasteiger partial charge on any atom is -0.481 e. The fourth-order valence-electron chi connectivity index (χ4n) is 2.83. The van der Waals surface area contributed by atoms with Crippen molar-refractivity contribution in [1.29, 1.82) is 0 Å². The van der Waals surface area contributed by atoms with Gasteiger partial charge < -0.3 is 10.4 Å². The van der Waals surface area contributed by atoms with E-state index in [0.717, 1.165) is 24.8 Å². The number of amides is 1. The maximum absolute atomic E-state index is 12.3. The first-order valence-electron chi connectivity index (χ1n) is 7.13. The third-order valence-electron chi connectivity index (χ3n) is 4.54. The van der Waals surface area contributed by atoms with Gasteiger partial charge >= 0.3 is 5.97 Å². The van der Waals surface area contributed by atoms with Gasteiger partial charge in [-0.3, -0.25) is 9.59 Å². The van der Waals surface area contributed by atoms with Gasteiger partial charge in [-0.1, -0.05) is 6.92 Å². The van der Waals surface area contributed by atoms with Gasteiger partial charge in [0.1, 0.15) is 0 Å². The molecule has 1 saturated carbocycles. The molecular formula is C15H19NO3S. The number of carboxylic acid groups (broad SMARTS) is 1. The molecule has 0 aromatic carbocycles. The lowest BCUT2D eigenvalue weighted by molar-refractivity contribution is -0.143. The number of fused-ring (bicyclic) bond motifs is 1. The number of hydrogen-bond donors (Lipinski definition) is 2. The van der Waals surface area contributed by atoms with Crippen molar-refractivity contribution in [2.75, 3.05) is 6.54 Å². The molecule has 20 heavy (non-hydrogen) atoms. The Morgan fingerprint density at radius 2 is 2.25 bits per heavy atom. The SMILES string of the molecule is CC1CCc2c(C(=O)NCC3(C(=O)O)CC3)csc2C1. The van der Waals surface area contributed by atoms with E-state index in [2.05, 4.69) is 12.2 Å². The zero-order chi connectivity index (χ0) is 14.3. The monoisotopic (exact) mass is 293 g/mol. The maximum atomic E-state index is 12.3. The summed E-state index contributed by atoms with van der Waals surface area (Å²) in [5.74, 6) is -0.206. The number of aliphatic carboxylic acids is 1. The molecule has 2 aliphatic rings. The van der Waals surface area contributed by atoms with Gasteiger partial charge in [-0.2, -0.15) is 0 Å². The highest BCUT2D eigenvalue weighted by Crippen LogP contribution is 2.45. The predicted octanol–water partition coefficient (Wildman–Crippen LogP) is 2.47. The minimum absolute atomic E-state index is 0.107. The highest BCUT2D eigenvalue weighted by Gasteiger charge is 2.50. The molecule has 1 fully saturated rings. The standard InChI is InChI=1S/C15H19NO3S/c1-9-2-3-10-11(7-20-12(10)6-9)13(17)16-8-15(4-5-15)14(18)19/h7,9H,2-6,8H2,1H3,(H,16,17)(H,18,19). The van der Waals surface area contributed by atoms with E-state index >= 15 is 0 Å². The Morgan fingerprint density at radius 3 is 2.90 bits per heavy atom. The molecule has 1 heterocycles. The molecule has 1 aromatic heterocycles. The maximum Gasteiger partial charge on any atom is 0.311 e. The van der Waals surface area contributed by atoms with Gasteiger partial charge in [-0.15, -0.1) is 11.3 Å². The minimum atomic E-state index is -0.793. The lowest BCUT2D eigenvalue weighted by Crippen LogP contribution is -2.34. The summed E-state index contributed by atoms with van der Waals surface area (Å²) in [6.07, 6.45) is 4.49. The van der Waals surface area contributed by atoms with Crippen LogP contribution in [0.1, 0.15) is 47.0 Å². The van der Waals surface area contributed by atoms with Crippen molar-refractivity contribution in [2.45, 2.75) is 39.0 Å². The van der Waals surface area contributed by atoms with Crippen LogP contribution in [0.3, 0.4) is 0 Å². The van der Waals surface area contributed by atoms with E-state index < -0.39 is 11.4 Å². The Labute approximate surface area is 122 Å². The third-order valence-corrected chi connectivity index (χ3v) is 5.59. The molecule has 5 heteroatoms. The Hall–Kier alpha value is -1.36. The highest BCUT2D eigenvalue weighted by atomic mass is 32.1. The van der Waals surface area contributed by atoms with E-state index in [0.29, 0.717) is 18.8 Å². The summed E-state index contributed by atoms with van der Waals surface area (Å²) in [4.78, 5) is 24.7. The second-order valence-electron chi connectivity index (χ2n) is 6.17. The summed E-state index contributed by atoms with van der Waals surface area (Å²) in [6.45, 7) is 2.49. The Morgan fingerprint density at radius 1 is 1.50 bits per heavy atom. The zero-order valence-corrected chi connectivity index (χ0v) is 12.4. The molecule has 0 saturated heterocycles. The van der Waals surface area contributed by atoms with Gasteiger partial charge in [0.2, 0.25) is 0 Å². The van der Waals surface area contributed by atoms with Gasteiger partial charge in [0, 0.05) is 16.8 Å². The number of nitrogens with one attached hydrogen (secondary N) is 1. The largest absolute Gasteiger partial charge is 0.481 e. The molecule has 108 valence electrons. The normalized spacial score (nSPS) is 22.9. The number of rotatable bonds is 4. The summed E-state index contributed by atoms with van der Waals surface area (Å²) < 4.78 is 0. The quantitative estimate of drug-likeness (QED) is 0.896. The van der Waals surface area contributed by atoms with Crippen LogP contribution >= 0.6 is 11.3 Å². The lowest BCUT2D eigenvalue weighted by Gasteiger charge is -2.19. The molecule has 1 aromatic rings. The van der Waals surface area contributed by atoms with E-state index in [-0.39, 0.29) is 12.5 Å². The Kier molecular flexibility index (Phi) is 3.32. The fourth-order valence-corrected chi connectivity index (χ4v) is 4.07. The number of carbonyl (C=O) groups excluding carboxylic acids is 1. The molecule has 1 atom stereocenters. The van der Waals surface area contributed by atoms with E-state index in [1.165, 1.54) is 10.4 Å². The van der Waals surface area contributed by atoms with Crippen LogP contribution in [0.15, 0.2) is 5.38 Å². The van der Waals surface area contributed by atoms with Crippen molar-refractivity contribution in [3.8, 4) is 0 Å². The van der Waals surface area contributed by atoms with Crippen LogP contribution in [0.25, 0.3) is 0 Å². The van der Waals surface area contributed by atoms with Crippen molar-refractivity contribution >= 4 is 23.2 Å². The number of hydrogen-bond acceptors (Lipinski definition) is 3. The van der Waals surface area contributed by atoms with Crippen molar-refractivity contribution in [1.82, 2.24) is 5.32 Å². The van der Waals surface area contributed by atoms with Gasteiger partial charge in [-0.05, 0) is 43.6 Å². The molecular weight excluding hydrogens is 274 g/mol. The molecule has 0 aliphatic heterocycles. The molecule has 0 radical (unpaired) electrons. The van der Waals surface area contributed by atoms with Crippen molar-refractivity contribution in [3.63, 3.8) is 0 Å². The number of carbonyl (C=O) groups is 2. The van der Waals surface area contributed by atoms with E-state index in [1.54, 1.807) is 11.3 Å². The van der Waals surface area contributed by atoms with E-state index in [9.17, 15) is 9.59 Å². The third kappa shape index (κ3) is 2.35. The summed E-state index contributed by atoms with van der Waals surface area (Å²) >= 11 is 1.66. The van der Waals surface area contributed by atoms with Gasteiger partial charge in [0.15, 0.2) is 0 Å². The number of carboxylic acids is 1. The molecule has 2 aliphatic carbocycles. The first-order valence-corrected chi connectivity index (χ1v) is 8.01. The zero-order valence-electron chi connectivity index (χ0n) is 11.6. The van der Waals surface area contributed by atoms with E-state index in [1.807, 2.05) is 5.38 Å². The molecule has 1 amide bonds. The second-order valence-corrected chi connectivity index (χ2v) is 7.13. The molecule has 0 spiro atoms. The second kappa shape index (κ2) is 4.88. The molecule has 4 nitrogen and oxygen atoms in total. The van der Waals surface area contributed by atoms with Crippen molar-refractivity contribution < 1.29 is 14.7 Å². The average molecular weight is 293 g/mol. The molecule has 0 bridgehead atoms. The summed E-state index contributed by atoms with van der Waals surface area (Å²) in [5.41, 5.74) is 1.25. The molecule has 3 rings (SSSR count). The average Bonchev–Trinajstić information content (AvgIpc) is 3.10. The molecule has 2 N–H and O–H groups in total. The Balaban J connectivity index is 1.68. The topological polar surface area (TPSA) is 66.4 Å². The number of thiophene rings is 1. The highest BCUT2D eigenvalue weighted by molar-refractivity contribution is 7.10. The van der Waals surface area contributed by atoms with Crippen LogP contribution in [-0.4, -0.2) is 23.5 Å². The van der Waals surface area contributed by atoms with Crippen LogP contribution in [0.4, 0.5) is 0 Å². The smallest absolute Gasteiger partial charge is 0.311 e. The van der Waals surface area contributed by atoms with E-state index in [4.69, 9.17) is 5.11 Å². The van der Waals surface area contributed by atoms with Gasteiger partial charge in [-0.25, -0.2) is 0 Å². The van der Waals surface area contributed by atoms with Crippen LogP contribution in [0.5, 0.6) is 0 Å². The fraction of sp³-hybridized carbons (Fsp3) is 0.600. The summed E-state index contributed by atoms with van der Waals surface area (Å²) in [5, 5.41) is 13.9. The van der Waals surface area contributed by atoms with Gasteiger partial charge in [0.25, 0.3) is 5.91 Å². The first-order chi connectivity index (χ1) is 9.52. The first kappa shape index (κ1) is 13.6. The Bertz CT molecular complexity index is 559. The van der Waals surface area contributed by atoms with Crippen molar-refractivity contribution in [2.24, 2.45) is 11.3 Å². The summed E-state index contributed by atoms with van der Waals surface area (Å²) in [7, 11) is 0. The summed E-state index contributed by atoms with van der Waals surface area (Å²) in [6, 6.07) is 0. The van der Waals surface area contributed by atoms with Crippen LogP contribution in [-0.2, 0) is 17.6 Å². The van der Waals surface area contributed by atoms with Crippen LogP contribution in [0.2, 0.25) is 0 Å². The van der Waals surface area contributed by atoms with Crippen LogP contribution in [0, 0.1) is 11.3 Å². The lowest BCUT2D eigenvalue weighted by atomic mass is 9.88.